The Morgan fingerprint density at radius 1 is 1.19 bits per heavy atom. The van der Waals surface area contributed by atoms with Gasteiger partial charge in [0.1, 0.15) is 21.3 Å². The smallest absolute Gasteiger partial charge is 0.351 e. The number of nitro benzene ring substituents is 1. The van der Waals surface area contributed by atoms with Gasteiger partial charge in [-0.05, 0) is 26.0 Å². The van der Waals surface area contributed by atoms with Crippen molar-refractivity contribution < 1.29 is 24.0 Å². The fourth-order valence-electron chi connectivity index (χ4n) is 2.69. The molecule has 0 bridgehead atoms. The van der Waals surface area contributed by atoms with Crippen molar-refractivity contribution in [2.75, 3.05) is 12.4 Å². The SMILES string of the molecule is COc1ccc(NC(=O)C(C)OC(=O)c2sc(-c3ccccc3)nc2C)c([N+](=O)[O-])c1. The van der Waals surface area contributed by atoms with E-state index in [9.17, 15) is 19.7 Å². The first kappa shape index (κ1) is 21.9. The Hall–Kier alpha value is -3.79. The molecular formula is C21H19N3O6S. The first-order valence-electron chi connectivity index (χ1n) is 9.17. The van der Waals surface area contributed by atoms with Crippen molar-refractivity contribution in [2.24, 2.45) is 0 Å². The van der Waals surface area contributed by atoms with E-state index in [1.165, 1.54) is 43.6 Å². The maximum absolute atomic E-state index is 12.6. The number of rotatable bonds is 7. The fourth-order valence-corrected chi connectivity index (χ4v) is 3.64. The Labute approximate surface area is 181 Å². The number of ether oxygens (including phenoxy) is 2. The van der Waals surface area contributed by atoms with Crippen LogP contribution in [0.2, 0.25) is 0 Å². The van der Waals surface area contributed by atoms with E-state index < -0.39 is 22.9 Å². The quantitative estimate of drug-likeness (QED) is 0.331. The van der Waals surface area contributed by atoms with Crippen molar-refractivity contribution in [1.29, 1.82) is 0 Å². The Morgan fingerprint density at radius 2 is 1.90 bits per heavy atom. The van der Waals surface area contributed by atoms with Gasteiger partial charge in [0.25, 0.3) is 11.6 Å². The molecule has 1 heterocycles. The number of anilines is 1. The summed E-state index contributed by atoms with van der Waals surface area (Å²) >= 11 is 1.17. The molecule has 1 aromatic heterocycles. The van der Waals surface area contributed by atoms with Crippen LogP contribution < -0.4 is 10.1 Å². The van der Waals surface area contributed by atoms with Crippen molar-refractivity contribution in [3.63, 3.8) is 0 Å². The number of nitrogens with one attached hydrogen (secondary N) is 1. The molecule has 0 aliphatic heterocycles. The van der Waals surface area contributed by atoms with Crippen LogP contribution in [0.1, 0.15) is 22.3 Å². The molecule has 160 valence electrons. The van der Waals surface area contributed by atoms with Crippen molar-refractivity contribution in [2.45, 2.75) is 20.0 Å². The van der Waals surface area contributed by atoms with Gasteiger partial charge in [0.05, 0.1) is 23.8 Å². The maximum atomic E-state index is 12.6. The van der Waals surface area contributed by atoms with Crippen LogP contribution in [0, 0.1) is 17.0 Å². The van der Waals surface area contributed by atoms with Gasteiger partial charge < -0.3 is 14.8 Å². The van der Waals surface area contributed by atoms with E-state index in [4.69, 9.17) is 9.47 Å². The fraction of sp³-hybridized carbons (Fsp3) is 0.190. The Balaban J connectivity index is 1.71. The first-order valence-corrected chi connectivity index (χ1v) is 9.99. The molecule has 0 aliphatic carbocycles. The number of carbonyl (C=O) groups excluding carboxylic acids is 2. The molecule has 0 spiro atoms. The average molecular weight is 441 g/mol. The average Bonchev–Trinajstić information content (AvgIpc) is 3.16. The van der Waals surface area contributed by atoms with Gasteiger partial charge in [-0.15, -0.1) is 11.3 Å². The van der Waals surface area contributed by atoms with E-state index in [1.54, 1.807) is 6.92 Å². The third-order valence-corrected chi connectivity index (χ3v) is 5.50. The van der Waals surface area contributed by atoms with Crippen molar-refractivity contribution >= 4 is 34.6 Å². The Kier molecular flexibility index (Phi) is 6.61. The van der Waals surface area contributed by atoms with Gasteiger partial charge in [0.2, 0.25) is 0 Å². The normalized spacial score (nSPS) is 11.5. The van der Waals surface area contributed by atoms with Crippen molar-refractivity contribution in [1.82, 2.24) is 4.98 Å². The van der Waals surface area contributed by atoms with Gasteiger partial charge >= 0.3 is 5.97 Å². The molecule has 10 heteroatoms. The molecule has 3 aromatic rings. The van der Waals surface area contributed by atoms with Crippen molar-refractivity contribution in [3.05, 3.63) is 69.2 Å². The zero-order valence-corrected chi connectivity index (χ0v) is 17.8. The molecule has 1 atom stereocenters. The molecule has 3 rings (SSSR count). The van der Waals surface area contributed by atoms with Crippen molar-refractivity contribution in [3.8, 4) is 16.3 Å². The van der Waals surface area contributed by atoms with E-state index >= 15 is 0 Å². The third kappa shape index (κ3) is 5.04. The lowest BCUT2D eigenvalue weighted by atomic mass is 10.2. The van der Waals surface area contributed by atoms with Gasteiger partial charge in [-0.2, -0.15) is 0 Å². The van der Waals surface area contributed by atoms with E-state index in [0.29, 0.717) is 10.7 Å². The monoisotopic (exact) mass is 441 g/mol. The molecule has 0 saturated heterocycles. The first-order chi connectivity index (χ1) is 14.8. The second kappa shape index (κ2) is 9.35. The largest absolute Gasteiger partial charge is 0.496 e. The van der Waals surface area contributed by atoms with Crippen LogP contribution in [0.3, 0.4) is 0 Å². The van der Waals surface area contributed by atoms with Gasteiger partial charge in [-0.25, -0.2) is 9.78 Å². The second-order valence-corrected chi connectivity index (χ2v) is 7.48. The molecular weight excluding hydrogens is 422 g/mol. The number of amides is 1. The number of benzene rings is 2. The number of hydrogen-bond acceptors (Lipinski definition) is 8. The van der Waals surface area contributed by atoms with Crippen LogP contribution in [-0.4, -0.2) is 35.0 Å². The zero-order chi connectivity index (χ0) is 22.5. The molecule has 31 heavy (non-hydrogen) atoms. The highest BCUT2D eigenvalue weighted by Crippen LogP contribution is 2.30. The number of aryl methyl sites for hydroxylation is 1. The minimum atomic E-state index is -1.18. The van der Waals surface area contributed by atoms with E-state index in [0.717, 1.165) is 5.56 Å². The predicted octanol–water partition coefficient (Wildman–Crippen LogP) is 4.22. The highest BCUT2D eigenvalue weighted by molar-refractivity contribution is 7.17. The lowest BCUT2D eigenvalue weighted by Gasteiger charge is -2.13. The van der Waals surface area contributed by atoms with Crippen LogP contribution in [0.4, 0.5) is 11.4 Å². The lowest BCUT2D eigenvalue weighted by molar-refractivity contribution is -0.384. The summed E-state index contributed by atoms with van der Waals surface area (Å²) < 4.78 is 10.2. The molecule has 1 N–H and O–H groups in total. The summed E-state index contributed by atoms with van der Waals surface area (Å²) in [7, 11) is 1.38. The Morgan fingerprint density at radius 3 is 2.55 bits per heavy atom. The molecule has 0 fully saturated rings. The summed E-state index contributed by atoms with van der Waals surface area (Å²) in [5, 5.41) is 14.4. The van der Waals surface area contributed by atoms with Crippen LogP contribution in [0.25, 0.3) is 10.6 Å². The number of carbonyl (C=O) groups is 2. The molecule has 1 amide bonds. The van der Waals surface area contributed by atoms with E-state index in [2.05, 4.69) is 10.3 Å². The highest BCUT2D eigenvalue weighted by atomic mass is 32.1. The second-order valence-electron chi connectivity index (χ2n) is 6.48. The zero-order valence-electron chi connectivity index (χ0n) is 16.9. The van der Waals surface area contributed by atoms with Gasteiger partial charge in [0, 0.05) is 5.56 Å². The summed E-state index contributed by atoms with van der Waals surface area (Å²) in [4.78, 5) is 40.4. The summed E-state index contributed by atoms with van der Waals surface area (Å²) in [5.41, 5.74) is 0.996. The molecule has 0 radical (unpaired) electrons. The molecule has 2 aromatic carbocycles. The maximum Gasteiger partial charge on any atom is 0.351 e. The number of aromatic nitrogens is 1. The summed E-state index contributed by atoms with van der Waals surface area (Å²) in [6, 6.07) is 13.4. The van der Waals surface area contributed by atoms with E-state index in [-0.39, 0.29) is 22.0 Å². The summed E-state index contributed by atoms with van der Waals surface area (Å²) in [5.74, 6) is -1.12. The number of methoxy groups -OCH3 is 1. The van der Waals surface area contributed by atoms with Gasteiger partial charge in [-0.1, -0.05) is 30.3 Å². The number of hydrogen-bond donors (Lipinski definition) is 1. The molecule has 9 nitrogen and oxygen atoms in total. The predicted molar refractivity (Wildman–Crippen MR) is 115 cm³/mol. The van der Waals surface area contributed by atoms with Crippen LogP contribution in [0.15, 0.2) is 48.5 Å². The number of nitrogens with zero attached hydrogens (tertiary/aromatic N) is 2. The number of nitro groups is 1. The summed E-state index contributed by atoms with van der Waals surface area (Å²) in [6.45, 7) is 3.07. The lowest BCUT2D eigenvalue weighted by Crippen LogP contribution is -2.30. The molecule has 1 unspecified atom stereocenters. The van der Waals surface area contributed by atoms with Crippen LogP contribution in [0.5, 0.6) is 5.75 Å². The molecule has 0 aliphatic rings. The molecule has 0 saturated carbocycles. The number of esters is 1. The Bertz CT molecular complexity index is 1130. The minimum Gasteiger partial charge on any atom is -0.496 e. The number of thiazole rings is 1. The highest BCUT2D eigenvalue weighted by Gasteiger charge is 2.25. The van der Waals surface area contributed by atoms with Crippen LogP contribution >= 0.6 is 11.3 Å². The van der Waals surface area contributed by atoms with Gasteiger partial charge in [-0.3, -0.25) is 14.9 Å². The van der Waals surface area contributed by atoms with Gasteiger partial charge in [0.15, 0.2) is 6.10 Å². The third-order valence-electron chi connectivity index (χ3n) is 4.32. The topological polar surface area (TPSA) is 121 Å². The standard InChI is InChI=1S/C21H19N3O6S/c1-12-18(31-20(22-12)14-7-5-4-6-8-14)21(26)30-13(2)19(25)23-16-10-9-15(29-3)11-17(16)24(27)28/h4-11,13H,1-3H3,(H,23,25). The van der Waals surface area contributed by atoms with Crippen LogP contribution in [-0.2, 0) is 9.53 Å². The minimum absolute atomic E-state index is 0.0287. The summed E-state index contributed by atoms with van der Waals surface area (Å²) in [6.07, 6.45) is -1.18. The van der Waals surface area contributed by atoms with E-state index in [1.807, 2.05) is 30.3 Å².